The first-order valence-corrected chi connectivity index (χ1v) is 8.64. The fraction of sp³-hybridized carbons (Fsp3) is 0.526. The number of pyridine rings is 1. The lowest BCUT2D eigenvalue weighted by Crippen LogP contribution is -2.36. The van der Waals surface area contributed by atoms with Gasteiger partial charge >= 0.3 is 0 Å². The van der Waals surface area contributed by atoms with E-state index in [0.717, 1.165) is 31.5 Å². The standard InChI is InChI=1S/C19H21N3O2/c1-12(23)15-3-2-13-10-16(24)14(11-20)18(17(13)21-15)22-8-6-19(4-5-19)7-9-22/h2-3,12,23H,4-10H2,1H3/t12-/m1/s1. The van der Waals surface area contributed by atoms with Crippen molar-refractivity contribution < 1.29 is 9.90 Å². The van der Waals surface area contributed by atoms with Gasteiger partial charge < -0.3 is 10.0 Å². The number of aliphatic hydroxyl groups is 1. The summed E-state index contributed by atoms with van der Waals surface area (Å²) in [6.07, 6.45) is 4.40. The van der Waals surface area contributed by atoms with Crippen LogP contribution in [0.3, 0.4) is 0 Å². The SMILES string of the molecule is C[C@@H](O)c1ccc2c(n1)C(N1CCC3(CC1)CC3)=C(C#N)C(=O)C2. The van der Waals surface area contributed by atoms with Crippen LogP contribution in [0.1, 0.15) is 55.7 Å². The van der Waals surface area contributed by atoms with Crippen LogP contribution in [0.25, 0.3) is 5.70 Å². The predicted octanol–water partition coefficient (Wildman–Crippen LogP) is 2.37. The summed E-state index contributed by atoms with van der Waals surface area (Å²) in [5.74, 6) is -0.127. The molecule has 1 spiro atoms. The van der Waals surface area contributed by atoms with Crippen LogP contribution in [0.4, 0.5) is 0 Å². The predicted molar refractivity (Wildman–Crippen MR) is 88.6 cm³/mol. The second-order valence-electron chi connectivity index (χ2n) is 7.34. The Morgan fingerprint density at radius 1 is 1.29 bits per heavy atom. The Balaban J connectivity index is 1.78. The van der Waals surface area contributed by atoms with E-state index < -0.39 is 6.10 Å². The molecule has 124 valence electrons. The molecule has 3 aliphatic rings. The van der Waals surface area contributed by atoms with E-state index >= 15 is 0 Å². The van der Waals surface area contributed by atoms with E-state index in [-0.39, 0.29) is 17.8 Å². The highest BCUT2D eigenvalue weighted by molar-refractivity contribution is 6.09. The maximum Gasteiger partial charge on any atom is 0.180 e. The van der Waals surface area contributed by atoms with E-state index in [9.17, 15) is 15.2 Å². The van der Waals surface area contributed by atoms with E-state index in [1.807, 2.05) is 6.07 Å². The Morgan fingerprint density at radius 3 is 2.58 bits per heavy atom. The number of likely N-dealkylation sites (tertiary alicyclic amines) is 1. The summed E-state index contributed by atoms with van der Waals surface area (Å²) in [7, 11) is 0. The quantitative estimate of drug-likeness (QED) is 0.904. The highest BCUT2D eigenvalue weighted by atomic mass is 16.3. The van der Waals surface area contributed by atoms with Gasteiger partial charge in [-0.2, -0.15) is 5.26 Å². The fourth-order valence-corrected chi connectivity index (χ4v) is 3.90. The zero-order chi connectivity index (χ0) is 16.9. The lowest BCUT2D eigenvalue weighted by molar-refractivity contribution is -0.114. The minimum absolute atomic E-state index is 0.127. The van der Waals surface area contributed by atoms with Gasteiger partial charge in [-0.15, -0.1) is 0 Å². The zero-order valence-corrected chi connectivity index (χ0v) is 13.9. The lowest BCUT2D eigenvalue weighted by Gasteiger charge is -2.37. The van der Waals surface area contributed by atoms with Crippen molar-refractivity contribution >= 4 is 11.5 Å². The van der Waals surface area contributed by atoms with Gasteiger partial charge in [-0.05, 0) is 49.7 Å². The van der Waals surface area contributed by atoms with Crippen molar-refractivity contribution in [2.24, 2.45) is 5.41 Å². The molecule has 1 aliphatic heterocycles. The van der Waals surface area contributed by atoms with Crippen molar-refractivity contribution in [3.8, 4) is 6.07 Å². The van der Waals surface area contributed by atoms with Gasteiger partial charge in [0.25, 0.3) is 0 Å². The van der Waals surface area contributed by atoms with E-state index in [4.69, 9.17) is 0 Å². The number of nitrogens with zero attached hydrogens (tertiary/aromatic N) is 3. The third kappa shape index (κ3) is 2.42. The van der Waals surface area contributed by atoms with Crippen LogP contribution in [0, 0.1) is 16.7 Å². The molecule has 1 saturated heterocycles. The number of Topliss-reactive ketones (excluding diaryl/α,β-unsaturated/α-hetero) is 1. The first kappa shape index (κ1) is 15.3. The fourth-order valence-electron chi connectivity index (χ4n) is 3.90. The van der Waals surface area contributed by atoms with E-state index in [1.165, 1.54) is 12.8 Å². The van der Waals surface area contributed by atoms with Crippen LogP contribution >= 0.6 is 0 Å². The van der Waals surface area contributed by atoms with Gasteiger partial charge in [0.15, 0.2) is 5.78 Å². The van der Waals surface area contributed by atoms with Gasteiger partial charge in [-0.25, -0.2) is 4.98 Å². The van der Waals surface area contributed by atoms with Crippen LogP contribution < -0.4 is 0 Å². The molecule has 0 radical (unpaired) electrons. The number of aliphatic hydroxyl groups excluding tert-OH is 1. The summed E-state index contributed by atoms with van der Waals surface area (Å²) in [5.41, 5.74) is 3.57. The summed E-state index contributed by atoms with van der Waals surface area (Å²) >= 11 is 0. The molecule has 0 amide bonds. The van der Waals surface area contributed by atoms with Gasteiger partial charge in [0.1, 0.15) is 11.6 Å². The molecule has 0 bridgehead atoms. The Morgan fingerprint density at radius 2 is 2.00 bits per heavy atom. The third-order valence-electron chi connectivity index (χ3n) is 5.73. The number of rotatable bonds is 2. The minimum atomic E-state index is -0.671. The van der Waals surface area contributed by atoms with Crippen molar-refractivity contribution in [3.05, 3.63) is 34.7 Å². The number of piperidine rings is 1. The smallest absolute Gasteiger partial charge is 0.180 e. The zero-order valence-electron chi connectivity index (χ0n) is 13.9. The number of nitriles is 1. The number of hydrogen-bond donors (Lipinski definition) is 1. The number of ketones is 1. The number of hydrogen-bond acceptors (Lipinski definition) is 5. The van der Waals surface area contributed by atoms with E-state index in [0.29, 0.717) is 22.5 Å². The first-order chi connectivity index (χ1) is 11.5. The van der Waals surface area contributed by atoms with Crippen molar-refractivity contribution in [1.82, 2.24) is 9.88 Å². The van der Waals surface area contributed by atoms with E-state index in [2.05, 4.69) is 16.0 Å². The molecule has 24 heavy (non-hydrogen) atoms. The maximum absolute atomic E-state index is 12.4. The topological polar surface area (TPSA) is 77.2 Å². The van der Waals surface area contributed by atoms with Crippen LogP contribution in [0.2, 0.25) is 0 Å². The third-order valence-corrected chi connectivity index (χ3v) is 5.73. The molecule has 5 heteroatoms. The van der Waals surface area contributed by atoms with E-state index in [1.54, 1.807) is 13.0 Å². The lowest BCUT2D eigenvalue weighted by atomic mass is 9.88. The summed E-state index contributed by atoms with van der Waals surface area (Å²) < 4.78 is 0. The Labute approximate surface area is 141 Å². The second-order valence-corrected chi connectivity index (χ2v) is 7.34. The average molecular weight is 323 g/mol. The van der Waals surface area contributed by atoms with Gasteiger partial charge in [0.05, 0.1) is 23.2 Å². The first-order valence-electron chi connectivity index (χ1n) is 8.64. The Bertz CT molecular complexity index is 774. The highest BCUT2D eigenvalue weighted by Gasteiger charge is 2.45. The molecule has 4 rings (SSSR count). The molecular formula is C19H21N3O2. The monoisotopic (exact) mass is 323 g/mol. The normalized spacial score (nSPS) is 23.0. The van der Waals surface area contributed by atoms with Gasteiger partial charge in [0, 0.05) is 19.5 Å². The Kier molecular flexibility index (Phi) is 3.47. The van der Waals surface area contributed by atoms with Gasteiger partial charge in [-0.3, -0.25) is 4.79 Å². The molecule has 0 unspecified atom stereocenters. The van der Waals surface area contributed by atoms with Crippen LogP contribution in [0.15, 0.2) is 17.7 Å². The molecular weight excluding hydrogens is 302 g/mol. The molecule has 2 heterocycles. The largest absolute Gasteiger partial charge is 0.387 e. The molecule has 2 aliphatic carbocycles. The maximum atomic E-state index is 12.4. The van der Waals surface area contributed by atoms with Crippen molar-refractivity contribution in [1.29, 1.82) is 5.26 Å². The molecule has 1 aromatic heterocycles. The van der Waals surface area contributed by atoms with Crippen molar-refractivity contribution in [3.63, 3.8) is 0 Å². The molecule has 5 nitrogen and oxygen atoms in total. The van der Waals surface area contributed by atoms with Gasteiger partial charge in [-0.1, -0.05) is 6.07 Å². The summed E-state index contributed by atoms with van der Waals surface area (Å²) in [6.45, 7) is 3.41. The van der Waals surface area contributed by atoms with Gasteiger partial charge in [0.2, 0.25) is 0 Å². The average Bonchev–Trinajstić information content (AvgIpc) is 3.33. The van der Waals surface area contributed by atoms with Crippen LogP contribution in [-0.4, -0.2) is 33.9 Å². The highest BCUT2D eigenvalue weighted by Crippen LogP contribution is 2.54. The molecule has 0 aromatic carbocycles. The van der Waals surface area contributed by atoms with Crippen molar-refractivity contribution in [2.45, 2.75) is 45.1 Å². The number of carbonyl (C=O) groups is 1. The number of fused-ring (bicyclic) bond motifs is 1. The molecule has 1 aromatic rings. The number of aromatic nitrogens is 1. The van der Waals surface area contributed by atoms with Crippen LogP contribution in [-0.2, 0) is 11.2 Å². The number of allylic oxidation sites excluding steroid dienone is 1. The molecule has 1 saturated carbocycles. The Hall–Kier alpha value is -2.19. The molecule has 1 N–H and O–H groups in total. The molecule has 1 atom stereocenters. The minimum Gasteiger partial charge on any atom is -0.387 e. The number of carbonyl (C=O) groups excluding carboxylic acids is 1. The second kappa shape index (κ2) is 5.42. The summed E-state index contributed by atoms with van der Waals surface area (Å²) in [5, 5.41) is 19.4. The summed E-state index contributed by atoms with van der Waals surface area (Å²) in [6, 6.07) is 5.74. The van der Waals surface area contributed by atoms with Crippen LogP contribution in [0.5, 0.6) is 0 Å². The van der Waals surface area contributed by atoms with Crippen molar-refractivity contribution in [2.75, 3.05) is 13.1 Å². The summed E-state index contributed by atoms with van der Waals surface area (Å²) in [4.78, 5) is 19.2. The molecule has 2 fully saturated rings.